The number of amides is 2. The lowest BCUT2D eigenvalue weighted by Gasteiger charge is -2.10. The van der Waals surface area contributed by atoms with E-state index in [0.717, 1.165) is 16.5 Å². The van der Waals surface area contributed by atoms with Crippen LogP contribution in [0.3, 0.4) is 0 Å². The highest BCUT2D eigenvalue weighted by atomic mass is 32.2. The van der Waals surface area contributed by atoms with Crippen molar-refractivity contribution in [1.29, 1.82) is 0 Å². The Labute approximate surface area is 172 Å². The van der Waals surface area contributed by atoms with Crippen LogP contribution in [-0.2, 0) is 16.6 Å². The first kappa shape index (κ1) is 19.4. The van der Waals surface area contributed by atoms with Gasteiger partial charge in [0.05, 0.1) is 16.6 Å². The highest BCUT2D eigenvalue weighted by Gasteiger charge is 2.15. The predicted octanol–water partition coefficient (Wildman–Crippen LogP) is 3.08. The van der Waals surface area contributed by atoms with Gasteiger partial charge in [0.2, 0.25) is 0 Å². The zero-order chi connectivity index (χ0) is 21.0. The van der Waals surface area contributed by atoms with Crippen LogP contribution >= 0.6 is 0 Å². The van der Waals surface area contributed by atoms with Gasteiger partial charge in [-0.25, -0.2) is 13.2 Å². The van der Waals surface area contributed by atoms with Crippen molar-refractivity contribution in [2.24, 2.45) is 0 Å². The topological polar surface area (TPSA) is 129 Å². The molecule has 4 aromatic rings. The molecule has 0 atom stereocenters. The highest BCUT2D eigenvalue weighted by Crippen LogP contribution is 2.21. The van der Waals surface area contributed by atoms with E-state index in [1.807, 2.05) is 6.07 Å². The number of rotatable bonds is 6. The lowest BCUT2D eigenvalue weighted by molar-refractivity contribution is 0.251. The summed E-state index contributed by atoms with van der Waals surface area (Å²) in [5.74, 6) is 0. The maximum Gasteiger partial charge on any atom is 0.319 e. The van der Waals surface area contributed by atoms with Gasteiger partial charge in [0, 0.05) is 35.7 Å². The van der Waals surface area contributed by atoms with Crippen molar-refractivity contribution in [3.05, 3.63) is 78.8 Å². The summed E-state index contributed by atoms with van der Waals surface area (Å²) in [7, 11) is -3.77. The summed E-state index contributed by atoms with van der Waals surface area (Å²) >= 11 is 0. The number of fused-ring (bicyclic) bond motifs is 1. The summed E-state index contributed by atoms with van der Waals surface area (Å²) < 4.78 is 27.8. The summed E-state index contributed by atoms with van der Waals surface area (Å²) in [5, 5.41) is 12.9. The number of pyridine rings is 1. The number of hydrogen-bond acceptors (Lipinski definition) is 5. The summed E-state index contributed by atoms with van der Waals surface area (Å²) in [6.07, 6.45) is 4.94. The van der Waals surface area contributed by atoms with Crippen molar-refractivity contribution in [2.75, 3.05) is 10.0 Å². The van der Waals surface area contributed by atoms with Crippen LogP contribution in [0.1, 0.15) is 5.56 Å². The van der Waals surface area contributed by atoms with E-state index in [-0.39, 0.29) is 4.90 Å². The van der Waals surface area contributed by atoms with Crippen LogP contribution in [0.5, 0.6) is 0 Å². The first-order valence-electron chi connectivity index (χ1n) is 8.99. The average Bonchev–Trinajstić information content (AvgIpc) is 3.21. The largest absolute Gasteiger partial charge is 0.334 e. The molecule has 4 rings (SSSR count). The van der Waals surface area contributed by atoms with Gasteiger partial charge in [-0.2, -0.15) is 5.10 Å². The van der Waals surface area contributed by atoms with Crippen LogP contribution in [0.4, 0.5) is 16.2 Å². The molecule has 0 saturated heterocycles. The molecule has 0 bridgehead atoms. The normalized spacial score (nSPS) is 11.2. The highest BCUT2D eigenvalue weighted by molar-refractivity contribution is 7.92. The number of carbonyl (C=O) groups is 1. The van der Waals surface area contributed by atoms with E-state index in [1.165, 1.54) is 24.3 Å². The van der Waals surface area contributed by atoms with Crippen molar-refractivity contribution in [2.45, 2.75) is 11.4 Å². The fourth-order valence-electron chi connectivity index (χ4n) is 2.80. The SMILES string of the molecule is O=C(NCc1cccnc1)Nc1ccc(S(=O)(=O)Nc2ccc3[nH]ncc3c2)cc1. The van der Waals surface area contributed by atoms with Gasteiger partial charge in [-0.1, -0.05) is 6.07 Å². The zero-order valence-electron chi connectivity index (χ0n) is 15.7. The van der Waals surface area contributed by atoms with Gasteiger partial charge in [-0.05, 0) is 54.1 Å². The molecule has 0 radical (unpaired) electrons. The fourth-order valence-corrected chi connectivity index (χ4v) is 3.85. The second kappa shape index (κ2) is 8.21. The Bertz CT molecular complexity index is 1270. The third kappa shape index (κ3) is 4.55. The van der Waals surface area contributed by atoms with Gasteiger partial charge in [0.25, 0.3) is 10.0 Å². The van der Waals surface area contributed by atoms with E-state index in [0.29, 0.717) is 17.9 Å². The second-order valence-corrected chi connectivity index (χ2v) is 8.15. The summed E-state index contributed by atoms with van der Waals surface area (Å²) in [6.45, 7) is 0.330. The van der Waals surface area contributed by atoms with Gasteiger partial charge in [0.1, 0.15) is 0 Å². The van der Waals surface area contributed by atoms with Crippen molar-refractivity contribution < 1.29 is 13.2 Å². The molecule has 0 unspecified atom stereocenters. The maximum atomic E-state index is 12.6. The zero-order valence-corrected chi connectivity index (χ0v) is 16.5. The quantitative estimate of drug-likeness (QED) is 0.379. The Morgan fingerprint density at radius 2 is 1.80 bits per heavy atom. The second-order valence-electron chi connectivity index (χ2n) is 6.47. The van der Waals surface area contributed by atoms with Crippen LogP contribution < -0.4 is 15.4 Å². The molecule has 2 amide bonds. The fraction of sp³-hybridized carbons (Fsp3) is 0.0500. The monoisotopic (exact) mass is 422 g/mol. The van der Waals surface area contributed by atoms with E-state index in [1.54, 1.807) is 42.9 Å². The molecule has 2 heterocycles. The first-order valence-corrected chi connectivity index (χ1v) is 10.5. The van der Waals surface area contributed by atoms with Gasteiger partial charge < -0.3 is 10.6 Å². The molecular weight excluding hydrogens is 404 g/mol. The van der Waals surface area contributed by atoms with Crippen LogP contribution in [0.15, 0.2) is 78.1 Å². The minimum absolute atomic E-state index is 0.0797. The number of aromatic nitrogens is 3. The number of hydrogen-bond donors (Lipinski definition) is 4. The van der Waals surface area contributed by atoms with Crippen molar-refractivity contribution in [3.63, 3.8) is 0 Å². The Morgan fingerprint density at radius 1 is 1.00 bits per heavy atom. The Balaban J connectivity index is 1.38. The molecule has 2 aromatic heterocycles. The number of sulfonamides is 1. The minimum atomic E-state index is -3.77. The number of anilines is 2. The van der Waals surface area contributed by atoms with Gasteiger partial charge in [-0.15, -0.1) is 0 Å². The Kier molecular flexibility index (Phi) is 5.31. The van der Waals surface area contributed by atoms with Crippen LogP contribution in [0.25, 0.3) is 10.9 Å². The Hall–Kier alpha value is -3.92. The van der Waals surface area contributed by atoms with E-state index in [2.05, 4.69) is 30.5 Å². The molecule has 4 N–H and O–H groups in total. The molecular formula is C20H18N6O3S. The molecule has 30 heavy (non-hydrogen) atoms. The summed E-state index contributed by atoms with van der Waals surface area (Å²) in [5.41, 5.74) is 2.59. The number of H-pyrrole nitrogens is 1. The van der Waals surface area contributed by atoms with Crippen LogP contribution in [0.2, 0.25) is 0 Å². The summed E-state index contributed by atoms with van der Waals surface area (Å²) in [6, 6.07) is 14.2. The predicted molar refractivity (Wildman–Crippen MR) is 113 cm³/mol. The maximum absolute atomic E-state index is 12.6. The molecule has 0 saturated carbocycles. The van der Waals surface area contributed by atoms with Crippen molar-refractivity contribution >= 4 is 38.3 Å². The number of aromatic amines is 1. The molecule has 0 aliphatic rings. The third-order valence-corrected chi connectivity index (χ3v) is 5.69. The molecule has 152 valence electrons. The van der Waals surface area contributed by atoms with E-state index in [4.69, 9.17) is 0 Å². The third-order valence-electron chi connectivity index (χ3n) is 4.29. The molecule has 10 heteroatoms. The van der Waals surface area contributed by atoms with E-state index in [9.17, 15) is 13.2 Å². The number of nitrogens with one attached hydrogen (secondary N) is 4. The van der Waals surface area contributed by atoms with Crippen molar-refractivity contribution in [1.82, 2.24) is 20.5 Å². The summed E-state index contributed by atoms with van der Waals surface area (Å²) in [4.78, 5) is 16.1. The van der Waals surface area contributed by atoms with Gasteiger partial charge >= 0.3 is 6.03 Å². The van der Waals surface area contributed by atoms with E-state index < -0.39 is 16.1 Å². The lowest BCUT2D eigenvalue weighted by Crippen LogP contribution is -2.28. The lowest BCUT2D eigenvalue weighted by atomic mass is 10.2. The molecule has 2 aromatic carbocycles. The van der Waals surface area contributed by atoms with Crippen molar-refractivity contribution in [3.8, 4) is 0 Å². The average molecular weight is 422 g/mol. The minimum Gasteiger partial charge on any atom is -0.334 e. The Morgan fingerprint density at radius 3 is 2.57 bits per heavy atom. The van der Waals surface area contributed by atoms with Crippen LogP contribution in [0, 0.1) is 0 Å². The van der Waals surface area contributed by atoms with E-state index >= 15 is 0 Å². The number of benzene rings is 2. The molecule has 0 aliphatic carbocycles. The number of nitrogens with zero attached hydrogens (tertiary/aromatic N) is 2. The smallest absolute Gasteiger partial charge is 0.319 e. The molecule has 0 spiro atoms. The molecule has 9 nitrogen and oxygen atoms in total. The van der Waals surface area contributed by atoms with Crippen LogP contribution in [-0.4, -0.2) is 29.6 Å². The number of carbonyl (C=O) groups excluding carboxylic acids is 1. The first-order chi connectivity index (χ1) is 14.5. The molecule has 0 aliphatic heterocycles. The van der Waals surface area contributed by atoms with Gasteiger partial charge in [0.15, 0.2) is 0 Å². The standard InChI is InChI=1S/C20H18N6O3S/c27-20(22-12-14-2-1-9-21-11-14)24-16-3-6-18(7-4-16)30(28,29)26-17-5-8-19-15(10-17)13-23-25-19/h1-11,13,26H,12H2,(H,23,25)(H2,22,24,27). The number of urea groups is 1. The molecule has 0 fully saturated rings. The van der Waals surface area contributed by atoms with Gasteiger partial charge in [-0.3, -0.25) is 14.8 Å².